The molecule has 2 aromatic carbocycles. The Kier molecular flexibility index (Phi) is 5.87. The Hall–Kier alpha value is -2.42. The fourth-order valence-corrected chi connectivity index (χ4v) is 3.74. The van der Waals surface area contributed by atoms with E-state index in [1.165, 1.54) is 5.56 Å². The van der Waals surface area contributed by atoms with Gasteiger partial charge in [0.2, 0.25) is 5.91 Å². The third-order valence-electron chi connectivity index (χ3n) is 5.38. The highest BCUT2D eigenvalue weighted by molar-refractivity contribution is 5.99. The standard InChI is InChI=1S/C23H27NO2/c1-17-8-9-18(2)21(16-17)22(25)10-11-23(26)24-14-12-20(13-15-24)19-6-4-3-5-7-19/h3-9,16,20H,10-15H2,1-2H3. The molecule has 3 nitrogen and oxygen atoms in total. The van der Waals surface area contributed by atoms with Crippen molar-refractivity contribution in [2.24, 2.45) is 0 Å². The van der Waals surface area contributed by atoms with Gasteiger partial charge in [0.15, 0.2) is 5.78 Å². The van der Waals surface area contributed by atoms with E-state index in [0.717, 1.165) is 42.6 Å². The molecule has 0 bridgehead atoms. The molecule has 1 aliphatic rings. The third kappa shape index (κ3) is 4.40. The first-order valence-corrected chi connectivity index (χ1v) is 9.48. The van der Waals surface area contributed by atoms with Crippen LogP contribution in [0.5, 0.6) is 0 Å². The smallest absolute Gasteiger partial charge is 0.223 e. The second-order valence-electron chi connectivity index (χ2n) is 7.31. The van der Waals surface area contributed by atoms with Gasteiger partial charge >= 0.3 is 0 Å². The van der Waals surface area contributed by atoms with Gasteiger partial charge in [-0.3, -0.25) is 9.59 Å². The number of amides is 1. The van der Waals surface area contributed by atoms with Gasteiger partial charge in [0, 0.05) is 31.5 Å². The van der Waals surface area contributed by atoms with E-state index in [9.17, 15) is 9.59 Å². The molecule has 0 atom stereocenters. The maximum absolute atomic E-state index is 12.5. The first-order chi connectivity index (χ1) is 12.5. The van der Waals surface area contributed by atoms with Crippen molar-refractivity contribution in [2.45, 2.75) is 45.4 Å². The maximum Gasteiger partial charge on any atom is 0.223 e. The van der Waals surface area contributed by atoms with Crippen LogP contribution in [0, 0.1) is 13.8 Å². The molecular formula is C23H27NO2. The van der Waals surface area contributed by atoms with Crippen LogP contribution in [0.1, 0.15) is 58.6 Å². The molecule has 136 valence electrons. The second-order valence-corrected chi connectivity index (χ2v) is 7.31. The van der Waals surface area contributed by atoms with Crippen molar-refractivity contribution in [3.8, 4) is 0 Å². The number of hydrogen-bond acceptors (Lipinski definition) is 2. The average Bonchev–Trinajstić information content (AvgIpc) is 2.68. The van der Waals surface area contributed by atoms with E-state index in [4.69, 9.17) is 0 Å². The van der Waals surface area contributed by atoms with E-state index >= 15 is 0 Å². The molecule has 1 amide bonds. The number of ketones is 1. The minimum atomic E-state index is 0.0683. The molecule has 3 rings (SSSR count). The Morgan fingerprint density at radius 2 is 1.65 bits per heavy atom. The summed E-state index contributed by atoms with van der Waals surface area (Å²) >= 11 is 0. The van der Waals surface area contributed by atoms with Gasteiger partial charge in [0.1, 0.15) is 0 Å². The average molecular weight is 349 g/mol. The lowest BCUT2D eigenvalue weighted by Gasteiger charge is -2.32. The summed E-state index contributed by atoms with van der Waals surface area (Å²) in [5, 5.41) is 0. The van der Waals surface area contributed by atoms with Crippen LogP contribution >= 0.6 is 0 Å². The van der Waals surface area contributed by atoms with Crippen molar-refractivity contribution in [1.29, 1.82) is 0 Å². The molecule has 3 heteroatoms. The normalized spacial score (nSPS) is 15.1. The monoisotopic (exact) mass is 349 g/mol. The Labute approximate surface area is 156 Å². The first-order valence-electron chi connectivity index (χ1n) is 9.48. The van der Waals surface area contributed by atoms with E-state index in [1.54, 1.807) is 0 Å². The molecule has 0 unspecified atom stereocenters. The summed E-state index contributed by atoms with van der Waals surface area (Å²) in [7, 11) is 0. The van der Waals surface area contributed by atoms with Crippen LogP contribution < -0.4 is 0 Å². The van der Waals surface area contributed by atoms with Crippen LogP contribution in [0.2, 0.25) is 0 Å². The van der Waals surface area contributed by atoms with Crippen molar-refractivity contribution in [2.75, 3.05) is 13.1 Å². The number of benzene rings is 2. The van der Waals surface area contributed by atoms with Crippen molar-refractivity contribution in [1.82, 2.24) is 4.90 Å². The minimum Gasteiger partial charge on any atom is -0.343 e. The predicted molar refractivity (Wildman–Crippen MR) is 104 cm³/mol. The van der Waals surface area contributed by atoms with E-state index in [-0.39, 0.29) is 11.7 Å². The molecule has 0 N–H and O–H groups in total. The molecule has 1 aliphatic heterocycles. The topological polar surface area (TPSA) is 37.4 Å². The Morgan fingerprint density at radius 3 is 2.35 bits per heavy atom. The highest BCUT2D eigenvalue weighted by Crippen LogP contribution is 2.28. The van der Waals surface area contributed by atoms with Crippen LogP contribution in [0.3, 0.4) is 0 Å². The van der Waals surface area contributed by atoms with Gasteiger partial charge in [-0.05, 0) is 49.8 Å². The van der Waals surface area contributed by atoms with E-state index in [1.807, 2.05) is 43.0 Å². The van der Waals surface area contributed by atoms with Gasteiger partial charge in [-0.25, -0.2) is 0 Å². The molecule has 0 spiro atoms. The number of hydrogen-bond donors (Lipinski definition) is 0. The quantitative estimate of drug-likeness (QED) is 0.736. The SMILES string of the molecule is Cc1ccc(C)c(C(=O)CCC(=O)N2CCC(c3ccccc3)CC2)c1. The molecule has 2 aromatic rings. The van der Waals surface area contributed by atoms with Crippen LogP contribution in [0.4, 0.5) is 0 Å². The van der Waals surface area contributed by atoms with Crippen LogP contribution in [0.25, 0.3) is 0 Å². The lowest BCUT2D eigenvalue weighted by atomic mass is 9.89. The highest BCUT2D eigenvalue weighted by atomic mass is 16.2. The third-order valence-corrected chi connectivity index (χ3v) is 5.38. The summed E-state index contributed by atoms with van der Waals surface area (Å²) in [6.07, 6.45) is 2.60. The van der Waals surface area contributed by atoms with Gasteiger partial charge < -0.3 is 4.90 Å². The summed E-state index contributed by atoms with van der Waals surface area (Å²) in [6.45, 7) is 5.51. The zero-order valence-electron chi connectivity index (χ0n) is 15.7. The molecule has 1 fully saturated rings. The zero-order chi connectivity index (χ0) is 18.5. The van der Waals surface area contributed by atoms with E-state index < -0.39 is 0 Å². The summed E-state index contributed by atoms with van der Waals surface area (Å²) in [5.74, 6) is 0.714. The van der Waals surface area contributed by atoms with Crippen molar-refractivity contribution < 1.29 is 9.59 Å². The van der Waals surface area contributed by atoms with Gasteiger partial charge in [-0.1, -0.05) is 48.0 Å². The predicted octanol–water partition coefficient (Wildman–Crippen LogP) is 4.67. The van der Waals surface area contributed by atoms with E-state index in [0.29, 0.717) is 18.8 Å². The molecule has 1 heterocycles. The van der Waals surface area contributed by atoms with Crippen molar-refractivity contribution in [3.63, 3.8) is 0 Å². The number of aryl methyl sites for hydroxylation is 2. The van der Waals surface area contributed by atoms with Gasteiger partial charge in [0.25, 0.3) is 0 Å². The zero-order valence-corrected chi connectivity index (χ0v) is 15.7. The Morgan fingerprint density at radius 1 is 0.962 bits per heavy atom. The molecule has 0 saturated carbocycles. The number of Topliss-reactive ketones (excluding diaryl/α,β-unsaturated/α-hetero) is 1. The lowest BCUT2D eigenvalue weighted by Crippen LogP contribution is -2.38. The first kappa shape index (κ1) is 18.4. The largest absolute Gasteiger partial charge is 0.343 e. The minimum absolute atomic E-state index is 0.0683. The van der Waals surface area contributed by atoms with E-state index in [2.05, 4.69) is 24.3 Å². The molecule has 26 heavy (non-hydrogen) atoms. The number of carbonyl (C=O) groups excluding carboxylic acids is 2. The lowest BCUT2D eigenvalue weighted by molar-refractivity contribution is -0.132. The summed E-state index contributed by atoms with van der Waals surface area (Å²) in [4.78, 5) is 26.9. The number of likely N-dealkylation sites (tertiary alicyclic amines) is 1. The summed E-state index contributed by atoms with van der Waals surface area (Å²) in [5.41, 5.74) is 4.18. The van der Waals surface area contributed by atoms with Crippen molar-refractivity contribution >= 4 is 11.7 Å². The van der Waals surface area contributed by atoms with Crippen molar-refractivity contribution in [3.05, 3.63) is 70.8 Å². The highest BCUT2D eigenvalue weighted by Gasteiger charge is 2.24. The Balaban J connectivity index is 1.50. The summed E-state index contributed by atoms with van der Waals surface area (Å²) < 4.78 is 0. The molecule has 0 aromatic heterocycles. The number of nitrogens with zero attached hydrogens (tertiary/aromatic N) is 1. The van der Waals surface area contributed by atoms with Crippen LogP contribution in [-0.2, 0) is 4.79 Å². The Bertz CT molecular complexity index is 774. The number of rotatable bonds is 5. The van der Waals surface area contributed by atoms with Gasteiger partial charge in [-0.15, -0.1) is 0 Å². The molecule has 0 aliphatic carbocycles. The van der Waals surface area contributed by atoms with Gasteiger partial charge in [-0.2, -0.15) is 0 Å². The second kappa shape index (κ2) is 8.31. The summed E-state index contributed by atoms with van der Waals surface area (Å²) in [6, 6.07) is 16.4. The van der Waals surface area contributed by atoms with Crippen LogP contribution in [0.15, 0.2) is 48.5 Å². The maximum atomic E-state index is 12.5. The fraction of sp³-hybridized carbons (Fsp3) is 0.391. The number of carbonyl (C=O) groups is 2. The molecule has 1 saturated heterocycles. The molecular weight excluding hydrogens is 322 g/mol. The molecule has 0 radical (unpaired) electrons. The van der Waals surface area contributed by atoms with Crippen LogP contribution in [-0.4, -0.2) is 29.7 Å². The number of piperidine rings is 1. The fourth-order valence-electron chi connectivity index (χ4n) is 3.74. The van der Waals surface area contributed by atoms with Gasteiger partial charge in [0.05, 0.1) is 0 Å².